The molecule has 0 saturated carbocycles. The Balaban J connectivity index is 0. The first-order valence-electron chi connectivity index (χ1n) is 5.64. The van der Waals surface area contributed by atoms with Gasteiger partial charge in [-0.25, -0.2) is 0 Å². The van der Waals surface area contributed by atoms with Crippen molar-refractivity contribution in [1.29, 1.82) is 5.26 Å². The maximum atomic E-state index is 9.34. The number of hydrogen-bond acceptors (Lipinski definition) is 4. The fourth-order valence-corrected chi connectivity index (χ4v) is 1.68. The van der Waals surface area contributed by atoms with Gasteiger partial charge < -0.3 is 4.48 Å². The van der Waals surface area contributed by atoms with E-state index in [-0.39, 0.29) is 0 Å². The second-order valence-electron chi connectivity index (χ2n) is 3.83. The van der Waals surface area contributed by atoms with Gasteiger partial charge in [-0.2, -0.15) is 8.42 Å². The zero-order valence-electron chi connectivity index (χ0n) is 11.4. The molecule has 0 rings (SSSR count). The Labute approximate surface area is 121 Å². The monoisotopic (exact) mass is 301 g/mol. The van der Waals surface area contributed by atoms with E-state index in [2.05, 4.69) is 30.5 Å². The summed E-state index contributed by atoms with van der Waals surface area (Å²) in [5, 5.41) is 7.39. The Morgan fingerprint density at radius 1 is 1.00 bits per heavy atom. The van der Waals surface area contributed by atoms with Gasteiger partial charge in [0.1, 0.15) is 0 Å². The predicted molar refractivity (Wildman–Crippen MR) is 78.8 cm³/mol. The van der Waals surface area contributed by atoms with E-state index in [1.807, 2.05) is 24.3 Å². The molecule has 0 fully saturated rings. The standard InChI is InChI=1S/C12H20N.CHNO4S/c1-5-9-13(10-6-2,11-7-3)12-8-4;2-1-6-7(3,4)5/h5-8H,1-4,9-12H2;(H,3,4,5)/q+1;. The SMILES string of the molecule is C=CC[N+](CC=C)(CC=C)CC=C.N#COS(=O)(=O)O. The van der Waals surface area contributed by atoms with E-state index in [0.717, 1.165) is 36.9 Å². The van der Waals surface area contributed by atoms with Crippen molar-refractivity contribution in [2.45, 2.75) is 0 Å². The van der Waals surface area contributed by atoms with Crippen LogP contribution in [0, 0.1) is 11.5 Å². The maximum absolute atomic E-state index is 9.34. The van der Waals surface area contributed by atoms with Gasteiger partial charge in [0, 0.05) is 0 Å². The van der Waals surface area contributed by atoms with E-state index >= 15 is 0 Å². The third-order valence-electron chi connectivity index (χ3n) is 2.21. The topological polar surface area (TPSA) is 87.4 Å². The van der Waals surface area contributed by atoms with Crippen LogP contribution in [0.25, 0.3) is 0 Å². The molecule has 1 N–H and O–H groups in total. The van der Waals surface area contributed by atoms with Crippen LogP contribution >= 0.6 is 0 Å². The number of nitrogens with zero attached hydrogens (tertiary/aromatic N) is 2. The molecule has 0 saturated heterocycles. The first kappa shape index (κ1) is 20.4. The molecule has 0 amide bonds. The molecule has 112 valence electrons. The van der Waals surface area contributed by atoms with E-state index in [1.54, 1.807) is 0 Å². The van der Waals surface area contributed by atoms with Gasteiger partial charge in [0.2, 0.25) is 0 Å². The van der Waals surface area contributed by atoms with Gasteiger partial charge in [-0.15, -0.1) is 5.26 Å². The van der Waals surface area contributed by atoms with Gasteiger partial charge in [0.25, 0.3) is 0 Å². The van der Waals surface area contributed by atoms with Crippen LogP contribution in [0.1, 0.15) is 0 Å². The maximum Gasteiger partial charge on any atom is 0.456 e. The zero-order valence-corrected chi connectivity index (χ0v) is 12.3. The molecule has 0 bridgehead atoms. The molecule has 0 heterocycles. The smallest absolute Gasteiger partial charge is 0.311 e. The van der Waals surface area contributed by atoms with Crippen LogP contribution in [0.4, 0.5) is 0 Å². The van der Waals surface area contributed by atoms with Crippen LogP contribution in [0.2, 0.25) is 0 Å². The molecule has 0 aromatic carbocycles. The molecule has 0 atom stereocenters. The summed E-state index contributed by atoms with van der Waals surface area (Å²) in [5.74, 6) is 0. The third kappa shape index (κ3) is 11.2. The van der Waals surface area contributed by atoms with E-state index in [0.29, 0.717) is 0 Å². The number of hydrogen-bond donors (Lipinski definition) is 1. The highest BCUT2D eigenvalue weighted by Crippen LogP contribution is 2.07. The minimum Gasteiger partial charge on any atom is -0.311 e. The van der Waals surface area contributed by atoms with Gasteiger partial charge >= 0.3 is 16.7 Å². The molecule has 0 aliphatic rings. The first-order valence-corrected chi connectivity index (χ1v) is 7.01. The van der Waals surface area contributed by atoms with Gasteiger partial charge in [-0.3, -0.25) is 8.74 Å². The molecule has 0 spiro atoms. The second kappa shape index (κ2) is 11.0. The van der Waals surface area contributed by atoms with Crippen molar-refractivity contribution >= 4 is 10.4 Å². The number of nitriles is 1. The molecule has 0 unspecified atom stereocenters. The summed E-state index contributed by atoms with van der Waals surface area (Å²) < 4.78 is 30.2. The Hall–Kier alpha value is -1.88. The van der Waals surface area contributed by atoms with Crippen LogP contribution in [-0.4, -0.2) is 43.6 Å². The van der Waals surface area contributed by atoms with Crippen LogP contribution in [0.3, 0.4) is 0 Å². The molecule has 20 heavy (non-hydrogen) atoms. The molecule has 7 heteroatoms. The Bertz CT molecular complexity index is 418. The average molecular weight is 301 g/mol. The molecule has 0 aromatic heterocycles. The van der Waals surface area contributed by atoms with Crippen molar-refractivity contribution in [3.63, 3.8) is 0 Å². The van der Waals surface area contributed by atoms with E-state index in [1.165, 1.54) is 0 Å². The molecular formula is C13H21N2O4S+. The Morgan fingerprint density at radius 3 is 1.40 bits per heavy atom. The van der Waals surface area contributed by atoms with E-state index in [9.17, 15) is 8.42 Å². The Kier molecular flexibility index (Phi) is 11.2. The van der Waals surface area contributed by atoms with E-state index in [4.69, 9.17) is 9.81 Å². The summed E-state index contributed by atoms with van der Waals surface area (Å²) in [7, 11) is -4.54. The summed E-state index contributed by atoms with van der Waals surface area (Å²) in [6.07, 6.45) is 8.53. The van der Waals surface area contributed by atoms with Gasteiger partial charge in [0.05, 0.1) is 26.2 Å². The fraction of sp³-hybridized carbons (Fsp3) is 0.308. The van der Waals surface area contributed by atoms with Crippen molar-refractivity contribution in [2.24, 2.45) is 0 Å². The lowest BCUT2D eigenvalue weighted by molar-refractivity contribution is -0.906. The van der Waals surface area contributed by atoms with Crippen molar-refractivity contribution in [1.82, 2.24) is 0 Å². The minimum atomic E-state index is -4.54. The van der Waals surface area contributed by atoms with Crippen molar-refractivity contribution in [2.75, 3.05) is 26.2 Å². The van der Waals surface area contributed by atoms with Gasteiger partial charge in [-0.05, 0) is 24.3 Å². The molecule has 0 aliphatic heterocycles. The lowest BCUT2D eigenvalue weighted by atomic mass is 10.3. The molecule has 0 aliphatic carbocycles. The third-order valence-corrected chi connectivity index (χ3v) is 2.49. The fourth-order valence-electron chi connectivity index (χ4n) is 1.59. The second-order valence-corrected chi connectivity index (χ2v) is 4.85. The molecule has 0 radical (unpaired) electrons. The van der Waals surface area contributed by atoms with Crippen LogP contribution < -0.4 is 0 Å². The van der Waals surface area contributed by atoms with E-state index < -0.39 is 10.4 Å². The van der Waals surface area contributed by atoms with Crippen molar-refractivity contribution < 1.29 is 21.6 Å². The largest absolute Gasteiger partial charge is 0.456 e. The van der Waals surface area contributed by atoms with Crippen molar-refractivity contribution in [3.05, 3.63) is 50.6 Å². The van der Waals surface area contributed by atoms with Crippen molar-refractivity contribution in [3.8, 4) is 6.26 Å². The molecular weight excluding hydrogens is 280 g/mol. The highest BCUT2D eigenvalue weighted by atomic mass is 32.3. The summed E-state index contributed by atoms with van der Waals surface area (Å²) >= 11 is 0. The van der Waals surface area contributed by atoms with Gasteiger partial charge in [0.15, 0.2) is 0 Å². The summed E-state index contributed by atoms with van der Waals surface area (Å²) in [4.78, 5) is 0. The lowest BCUT2D eigenvalue weighted by Gasteiger charge is -2.35. The summed E-state index contributed by atoms with van der Waals surface area (Å²) in [6, 6.07) is 0. The van der Waals surface area contributed by atoms with Crippen LogP contribution in [-0.2, 0) is 14.6 Å². The minimum absolute atomic E-state index is 0.770. The summed E-state index contributed by atoms with van der Waals surface area (Å²) in [5.41, 5.74) is 0. The average Bonchev–Trinajstić information content (AvgIpc) is 2.29. The predicted octanol–water partition coefficient (Wildman–Crippen LogP) is 1.83. The number of rotatable bonds is 9. The molecule has 6 nitrogen and oxygen atoms in total. The number of quaternary nitrogens is 1. The summed E-state index contributed by atoms with van der Waals surface area (Å²) in [6.45, 7) is 18.8. The first-order chi connectivity index (χ1) is 9.30. The highest BCUT2D eigenvalue weighted by molar-refractivity contribution is 7.81. The van der Waals surface area contributed by atoms with Crippen LogP contribution in [0.15, 0.2) is 50.6 Å². The lowest BCUT2D eigenvalue weighted by Crippen LogP contribution is -2.48. The van der Waals surface area contributed by atoms with Crippen LogP contribution in [0.5, 0.6) is 0 Å². The Morgan fingerprint density at radius 2 is 1.30 bits per heavy atom. The normalized spacial score (nSPS) is 10.2. The molecule has 0 aromatic rings. The highest BCUT2D eigenvalue weighted by Gasteiger charge is 2.20. The quantitative estimate of drug-likeness (QED) is 0.304. The van der Waals surface area contributed by atoms with Gasteiger partial charge in [-0.1, -0.05) is 26.3 Å². The zero-order chi connectivity index (χ0) is 16.1.